The van der Waals surface area contributed by atoms with Gasteiger partial charge in [0.2, 0.25) is 0 Å². The number of amidine groups is 1. The Hall–Kier alpha value is -3.27. The first kappa shape index (κ1) is 13.4. The molecule has 4 nitrogen and oxygen atoms in total. The van der Waals surface area contributed by atoms with E-state index in [-0.39, 0.29) is 0 Å². The van der Waals surface area contributed by atoms with E-state index in [1.807, 2.05) is 101 Å². The molecule has 0 radical (unpaired) electrons. The van der Waals surface area contributed by atoms with Crippen molar-refractivity contribution in [3.63, 3.8) is 0 Å². The molecule has 0 atom stereocenters. The van der Waals surface area contributed by atoms with Crippen molar-refractivity contribution in [2.75, 3.05) is 10.2 Å². The molecule has 0 bridgehead atoms. The van der Waals surface area contributed by atoms with Gasteiger partial charge in [-0.1, -0.05) is 66.7 Å². The van der Waals surface area contributed by atoms with E-state index in [2.05, 4.69) is 5.43 Å². The van der Waals surface area contributed by atoms with Crippen LogP contribution >= 0.6 is 0 Å². The van der Waals surface area contributed by atoms with Crippen LogP contribution in [-0.2, 0) is 0 Å². The number of hydrogen-bond donors (Lipinski definition) is 1. The highest BCUT2D eigenvalue weighted by Crippen LogP contribution is 2.25. The van der Waals surface area contributed by atoms with E-state index in [0.29, 0.717) is 0 Å². The maximum Gasteiger partial charge on any atom is 0.176 e. The zero-order chi connectivity index (χ0) is 15.5. The maximum absolute atomic E-state index is 4.75. The summed E-state index contributed by atoms with van der Waals surface area (Å²) in [4.78, 5) is 0. The third kappa shape index (κ3) is 2.62. The van der Waals surface area contributed by atoms with E-state index in [1.165, 1.54) is 0 Å². The van der Waals surface area contributed by atoms with E-state index in [0.717, 1.165) is 22.8 Å². The molecular weight excluding hydrogens is 284 g/mol. The van der Waals surface area contributed by atoms with Crippen molar-refractivity contribution in [2.45, 2.75) is 0 Å². The SMILES string of the molecule is c1ccc(C2=NN(c3ccccc3)N(c3ccccc3)N2)cc1. The lowest BCUT2D eigenvalue weighted by Crippen LogP contribution is -2.44. The van der Waals surface area contributed by atoms with Gasteiger partial charge in [0, 0.05) is 5.56 Å². The summed E-state index contributed by atoms with van der Waals surface area (Å²) in [6, 6.07) is 30.3. The van der Waals surface area contributed by atoms with Crippen molar-refractivity contribution in [1.29, 1.82) is 0 Å². The van der Waals surface area contributed by atoms with Crippen molar-refractivity contribution in [2.24, 2.45) is 5.10 Å². The van der Waals surface area contributed by atoms with Crippen LogP contribution < -0.4 is 15.7 Å². The summed E-state index contributed by atoms with van der Waals surface area (Å²) < 4.78 is 0. The van der Waals surface area contributed by atoms with Gasteiger partial charge in [0.25, 0.3) is 0 Å². The normalized spacial score (nSPS) is 13.7. The lowest BCUT2D eigenvalue weighted by Gasteiger charge is -2.27. The molecule has 0 saturated heterocycles. The smallest absolute Gasteiger partial charge is 0.176 e. The molecular formula is C19H16N4. The Morgan fingerprint density at radius 3 is 1.74 bits per heavy atom. The fourth-order valence-electron chi connectivity index (χ4n) is 2.51. The summed E-state index contributed by atoms with van der Waals surface area (Å²) in [5.74, 6) is 0.818. The van der Waals surface area contributed by atoms with E-state index >= 15 is 0 Å². The third-order valence-corrected chi connectivity index (χ3v) is 3.63. The summed E-state index contributed by atoms with van der Waals surface area (Å²) in [6.45, 7) is 0. The first-order valence-electron chi connectivity index (χ1n) is 7.53. The molecule has 3 aromatic rings. The average Bonchev–Trinajstić information content (AvgIpc) is 3.09. The summed E-state index contributed by atoms with van der Waals surface area (Å²) >= 11 is 0. The highest BCUT2D eigenvalue weighted by atomic mass is 15.9. The van der Waals surface area contributed by atoms with Crippen LogP contribution in [0.5, 0.6) is 0 Å². The second-order valence-electron chi connectivity index (χ2n) is 5.20. The highest BCUT2D eigenvalue weighted by Gasteiger charge is 2.25. The van der Waals surface area contributed by atoms with Gasteiger partial charge in [-0.05, 0) is 24.3 Å². The molecule has 0 aliphatic carbocycles. The second-order valence-corrected chi connectivity index (χ2v) is 5.20. The fraction of sp³-hybridized carbons (Fsp3) is 0. The van der Waals surface area contributed by atoms with Gasteiger partial charge in [0.05, 0.1) is 11.4 Å². The Kier molecular flexibility index (Phi) is 3.41. The largest absolute Gasteiger partial charge is 0.259 e. The predicted octanol–water partition coefficient (Wildman–Crippen LogP) is 3.79. The molecule has 112 valence electrons. The molecule has 0 aromatic heterocycles. The number of nitrogens with zero attached hydrogens (tertiary/aromatic N) is 3. The van der Waals surface area contributed by atoms with Crippen LogP contribution in [0.25, 0.3) is 0 Å². The Bertz CT molecular complexity index is 801. The van der Waals surface area contributed by atoms with E-state index < -0.39 is 0 Å². The van der Waals surface area contributed by atoms with Crippen molar-refractivity contribution in [1.82, 2.24) is 5.43 Å². The number of hydrazine groups is 2. The van der Waals surface area contributed by atoms with Gasteiger partial charge >= 0.3 is 0 Å². The van der Waals surface area contributed by atoms with Gasteiger partial charge in [-0.3, -0.25) is 5.43 Å². The van der Waals surface area contributed by atoms with E-state index in [9.17, 15) is 0 Å². The monoisotopic (exact) mass is 300 g/mol. The lowest BCUT2D eigenvalue weighted by molar-refractivity contribution is 0.771. The van der Waals surface area contributed by atoms with Crippen LogP contribution in [0, 0.1) is 0 Å². The second kappa shape index (κ2) is 5.85. The number of hydrogen-bond acceptors (Lipinski definition) is 4. The molecule has 1 aliphatic heterocycles. The first-order valence-corrected chi connectivity index (χ1v) is 7.53. The van der Waals surface area contributed by atoms with Gasteiger partial charge in [0.15, 0.2) is 5.84 Å². The number of rotatable bonds is 3. The van der Waals surface area contributed by atoms with Crippen LogP contribution in [-0.4, -0.2) is 5.84 Å². The van der Waals surface area contributed by atoms with Crippen LogP contribution in [0.15, 0.2) is 96.1 Å². The van der Waals surface area contributed by atoms with Crippen LogP contribution in [0.1, 0.15) is 5.56 Å². The molecule has 0 unspecified atom stereocenters. The number of para-hydroxylation sites is 2. The molecule has 0 amide bonds. The zero-order valence-corrected chi connectivity index (χ0v) is 12.5. The Morgan fingerprint density at radius 1 is 0.609 bits per heavy atom. The van der Waals surface area contributed by atoms with E-state index in [4.69, 9.17) is 5.10 Å². The van der Waals surface area contributed by atoms with Crippen molar-refractivity contribution in [3.05, 3.63) is 96.6 Å². The first-order chi connectivity index (χ1) is 11.4. The molecule has 4 heteroatoms. The molecule has 0 saturated carbocycles. The van der Waals surface area contributed by atoms with E-state index in [1.54, 1.807) is 0 Å². The summed E-state index contributed by atoms with van der Waals surface area (Å²) in [5.41, 5.74) is 6.44. The minimum atomic E-state index is 0.818. The summed E-state index contributed by atoms with van der Waals surface area (Å²) in [5, 5.41) is 8.57. The van der Waals surface area contributed by atoms with Gasteiger partial charge in [-0.15, -0.1) is 5.10 Å². The van der Waals surface area contributed by atoms with Crippen molar-refractivity contribution < 1.29 is 0 Å². The maximum atomic E-state index is 4.75. The van der Waals surface area contributed by atoms with Crippen molar-refractivity contribution >= 4 is 17.2 Å². The highest BCUT2D eigenvalue weighted by molar-refractivity contribution is 6.02. The van der Waals surface area contributed by atoms with Crippen LogP contribution in [0.4, 0.5) is 11.4 Å². The molecule has 23 heavy (non-hydrogen) atoms. The Balaban J connectivity index is 1.75. The molecule has 3 aromatic carbocycles. The average molecular weight is 300 g/mol. The molecule has 0 spiro atoms. The molecule has 0 fully saturated rings. The fourth-order valence-corrected chi connectivity index (χ4v) is 2.51. The zero-order valence-electron chi connectivity index (χ0n) is 12.5. The molecule has 1 N–H and O–H groups in total. The minimum absolute atomic E-state index is 0.818. The number of benzene rings is 3. The van der Waals surface area contributed by atoms with Gasteiger partial charge in [-0.25, -0.2) is 0 Å². The lowest BCUT2D eigenvalue weighted by atomic mass is 10.2. The predicted molar refractivity (Wildman–Crippen MR) is 94.0 cm³/mol. The number of nitrogens with one attached hydrogen (secondary N) is 1. The van der Waals surface area contributed by atoms with Crippen LogP contribution in [0.3, 0.4) is 0 Å². The van der Waals surface area contributed by atoms with Gasteiger partial charge < -0.3 is 0 Å². The third-order valence-electron chi connectivity index (χ3n) is 3.63. The Labute approximate surface area is 135 Å². The number of hydrazone groups is 1. The minimum Gasteiger partial charge on any atom is -0.259 e. The molecule has 4 rings (SSSR count). The molecule has 1 aliphatic rings. The van der Waals surface area contributed by atoms with Crippen molar-refractivity contribution in [3.8, 4) is 0 Å². The van der Waals surface area contributed by atoms with Gasteiger partial charge in [-0.2, -0.15) is 10.2 Å². The summed E-state index contributed by atoms with van der Waals surface area (Å²) in [7, 11) is 0. The van der Waals surface area contributed by atoms with Gasteiger partial charge in [0.1, 0.15) is 0 Å². The number of anilines is 2. The van der Waals surface area contributed by atoms with Crippen LogP contribution in [0.2, 0.25) is 0 Å². The summed E-state index contributed by atoms with van der Waals surface area (Å²) in [6.07, 6.45) is 0. The Morgan fingerprint density at radius 2 is 1.13 bits per heavy atom. The standard InChI is InChI=1S/C19H16N4/c1-4-10-16(11-5-1)19-20-22(17-12-6-2-7-13-17)23(21-19)18-14-8-3-9-15-18/h1-15H,(H,20,21). The molecule has 1 heterocycles. The quantitative estimate of drug-likeness (QED) is 0.798. The topological polar surface area (TPSA) is 30.9 Å².